The minimum absolute atomic E-state index is 0.130. The van der Waals surface area contributed by atoms with Gasteiger partial charge in [-0.15, -0.1) is 0 Å². The Morgan fingerprint density at radius 2 is 2.33 bits per heavy atom. The zero-order valence-corrected chi connectivity index (χ0v) is 11.8. The van der Waals surface area contributed by atoms with Crippen molar-refractivity contribution in [3.63, 3.8) is 0 Å². The van der Waals surface area contributed by atoms with Crippen LogP contribution in [-0.4, -0.2) is 27.8 Å². The maximum absolute atomic E-state index is 5.66. The molecule has 1 saturated heterocycles. The first-order valence-electron chi connectivity index (χ1n) is 6.91. The Morgan fingerprint density at radius 3 is 3.00 bits per heavy atom. The smallest absolute Gasteiger partial charge is 0.122 e. The minimum atomic E-state index is 0.130. The van der Waals surface area contributed by atoms with Crippen LogP contribution < -0.4 is 5.32 Å². The molecule has 0 aromatic carbocycles. The van der Waals surface area contributed by atoms with E-state index in [0.717, 1.165) is 31.9 Å². The highest BCUT2D eigenvalue weighted by Crippen LogP contribution is 2.16. The van der Waals surface area contributed by atoms with Crippen molar-refractivity contribution in [2.24, 2.45) is 0 Å². The fourth-order valence-corrected chi connectivity index (χ4v) is 2.21. The largest absolute Gasteiger partial charge is 0.378 e. The molecule has 0 saturated carbocycles. The van der Waals surface area contributed by atoms with E-state index in [1.165, 1.54) is 12.8 Å². The summed E-state index contributed by atoms with van der Waals surface area (Å²) in [5.41, 5.74) is 0.130. The van der Waals surface area contributed by atoms with Crippen LogP contribution in [0.15, 0.2) is 12.4 Å². The predicted molar refractivity (Wildman–Crippen MR) is 72.4 cm³/mol. The van der Waals surface area contributed by atoms with Crippen LogP contribution >= 0.6 is 0 Å². The maximum atomic E-state index is 5.66. The van der Waals surface area contributed by atoms with Crippen LogP contribution in [0.2, 0.25) is 0 Å². The fourth-order valence-electron chi connectivity index (χ4n) is 2.21. The van der Waals surface area contributed by atoms with Crippen molar-refractivity contribution < 1.29 is 4.74 Å². The lowest BCUT2D eigenvalue weighted by molar-refractivity contribution is 0.100. The van der Waals surface area contributed by atoms with E-state index in [1.807, 2.05) is 6.20 Å². The number of aryl methyl sites for hydroxylation is 1. The maximum Gasteiger partial charge on any atom is 0.122 e. The lowest BCUT2D eigenvalue weighted by Crippen LogP contribution is -2.36. The molecule has 4 nitrogen and oxygen atoms in total. The fraction of sp³-hybridized carbons (Fsp3) is 0.786. The van der Waals surface area contributed by atoms with Gasteiger partial charge in [0.05, 0.1) is 12.6 Å². The molecule has 18 heavy (non-hydrogen) atoms. The van der Waals surface area contributed by atoms with E-state index in [2.05, 4.69) is 41.8 Å². The number of ether oxygens (including phenoxy) is 1. The molecule has 1 unspecified atom stereocenters. The Kier molecular flexibility index (Phi) is 4.40. The van der Waals surface area contributed by atoms with Crippen LogP contribution in [0.4, 0.5) is 0 Å². The van der Waals surface area contributed by atoms with Crippen molar-refractivity contribution in [1.82, 2.24) is 14.9 Å². The lowest BCUT2D eigenvalue weighted by Gasteiger charge is -2.20. The number of hydrogen-bond donors (Lipinski definition) is 1. The average molecular weight is 251 g/mol. The van der Waals surface area contributed by atoms with Crippen molar-refractivity contribution in [3.8, 4) is 0 Å². The first-order chi connectivity index (χ1) is 8.54. The van der Waals surface area contributed by atoms with Crippen molar-refractivity contribution in [2.45, 2.75) is 64.8 Å². The molecule has 1 fully saturated rings. The van der Waals surface area contributed by atoms with Crippen LogP contribution in [0.5, 0.6) is 0 Å². The van der Waals surface area contributed by atoms with Crippen molar-refractivity contribution in [3.05, 3.63) is 18.2 Å². The summed E-state index contributed by atoms with van der Waals surface area (Å²) in [6, 6.07) is 0. The van der Waals surface area contributed by atoms with Crippen molar-refractivity contribution in [1.29, 1.82) is 0 Å². The molecule has 0 spiro atoms. The van der Waals surface area contributed by atoms with E-state index >= 15 is 0 Å². The first kappa shape index (κ1) is 13.6. The molecule has 1 aromatic rings. The second-order valence-corrected chi connectivity index (χ2v) is 6.06. The zero-order chi connectivity index (χ0) is 13.0. The Balaban J connectivity index is 1.83. The highest BCUT2D eigenvalue weighted by molar-refractivity contribution is 4.93. The molecule has 1 aromatic heterocycles. The van der Waals surface area contributed by atoms with Gasteiger partial charge in [0.2, 0.25) is 0 Å². The van der Waals surface area contributed by atoms with Gasteiger partial charge in [-0.25, -0.2) is 4.98 Å². The molecule has 2 heterocycles. The Morgan fingerprint density at radius 1 is 1.50 bits per heavy atom. The Bertz CT molecular complexity index is 361. The lowest BCUT2D eigenvalue weighted by atomic mass is 10.1. The summed E-state index contributed by atoms with van der Waals surface area (Å²) in [6.45, 7) is 9.28. The van der Waals surface area contributed by atoms with E-state index in [0.29, 0.717) is 6.10 Å². The van der Waals surface area contributed by atoms with Gasteiger partial charge in [-0.1, -0.05) is 0 Å². The van der Waals surface area contributed by atoms with Gasteiger partial charge >= 0.3 is 0 Å². The zero-order valence-electron chi connectivity index (χ0n) is 11.8. The third kappa shape index (κ3) is 4.10. The highest BCUT2D eigenvalue weighted by atomic mass is 16.5. The topological polar surface area (TPSA) is 39.1 Å². The van der Waals surface area contributed by atoms with Crippen LogP contribution in [0.3, 0.4) is 0 Å². The summed E-state index contributed by atoms with van der Waals surface area (Å²) in [7, 11) is 0. The van der Waals surface area contributed by atoms with Gasteiger partial charge < -0.3 is 14.6 Å². The normalized spacial score (nSPS) is 20.5. The van der Waals surface area contributed by atoms with Gasteiger partial charge in [0.15, 0.2) is 0 Å². The van der Waals surface area contributed by atoms with Gasteiger partial charge in [0.25, 0.3) is 0 Å². The number of nitrogens with one attached hydrogen (secondary N) is 1. The molecular formula is C14H25N3O. The molecule has 1 atom stereocenters. The Hall–Kier alpha value is -0.870. The van der Waals surface area contributed by atoms with Crippen LogP contribution in [0.25, 0.3) is 0 Å². The van der Waals surface area contributed by atoms with Gasteiger partial charge in [-0.05, 0) is 40.0 Å². The standard InChI is InChI=1S/C14H25N3O/c1-14(2,3)16-11-13-15-7-9-17(13)8-6-12-5-4-10-18-12/h7,9,12,16H,4-6,8,10-11H2,1-3H3. The molecule has 102 valence electrons. The second-order valence-electron chi connectivity index (χ2n) is 6.06. The minimum Gasteiger partial charge on any atom is -0.378 e. The number of aromatic nitrogens is 2. The monoisotopic (exact) mass is 251 g/mol. The van der Waals surface area contributed by atoms with E-state index in [-0.39, 0.29) is 5.54 Å². The molecule has 1 aliphatic rings. The summed E-state index contributed by atoms with van der Waals surface area (Å²) in [5.74, 6) is 1.11. The number of imidazole rings is 1. The molecule has 1 aliphatic heterocycles. The molecule has 0 amide bonds. The van der Waals surface area contributed by atoms with Crippen molar-refractivity contribution >= 4 is 0 Å². The number of nitrogens with zero attached hydrogens (tertiary/aromatic N) is 2. The third-order valence-corrected chi connectivity index (χ3v) is 3.29. The molecule has 2 rings (SSSR count). The van der Waals surface area contributed by atoms with Crippen molar-refractivity contribution in [2.75, 3.05) is 6.61 Å². The van der Waals surface area contributed by atoms with E-state index in [1.54, 1.807) is 0 Å². The summed E-state index contributed by atoms with van der Waals surface area (Å²) in [6.07, 6.45) is 7.93. The first-order valence-corrected chi connectivity index (χ1v) is 6.91. The summed E-state index contributed by atoms with van der Waals surface area (Å²) in [4.78, 5) is 4.42. The van der Waals surface area contributed by atoms with Crippen LogP contribution in [-0.2, 0) is 17.8 Å². The SMILES string of the molecule is CC(C)(C)NCc1nccn1CCC1CCCO1. The molecule has 0 bridgehead atoms. The van der Waals surface area contributed by atoms with Gasteiger partial charge in [0, 0.05) is 31.1 Å². The van der Waals surface area contributed by atoms with Gasteiger partial charge in [-0.3, -0.25) is 0 Å². The van der Waals surface area contributed by atoms with E-state index < -0.39 is 0 Å². The number of hydrogen-bond acceptors (Lipinski definition) is 3. The van der Waals surface area contributed by atoms with E-state index in [4.69, 9.17) is 4.74 Å². The summed E-state index contributed by atoms with van der Waals surface area (Å²) >= 11 is 0. The van der Waals surface area contributed by atoms with E-state index in [9.17, 15) is 0 Å². The second kappa shape index (κ2) is 5.85. The van der Waals surface area contributed by atoms with Crippen LogP contribution in [0, 0.1) is 0 Å². The average Bonchev–Trinajstić information content (AvgIpc) is 2.94. The third-order valence-electron chi connectivity index (χ3n) is 3.29. The number of rotatable bonds is 5. The highest BCUT2D eigenvalue weighted by Gasteiger charge is 2.16. The molecule has 0 aliphatic carbocycles. The predicted octanol–water partition coefficient (Wildman–Crippen LogP) is 2.34. The molecule has 1 N–H and O–H groups in total. The van der Waals surface area contributed by atoms with Gasteiger partial charge in [-0.2, -0.15) is 0 Å². The quantitative estimate of drug-likeness (QED) is 0.873. The summed E-state index contributed by atoms with van der Waals surface area (Å²) in [5, 5.41) is 3.48. The molecule has 4 heteroatoms. The molecule has 0 radical (unpaired) electrons. The van der Waals surface area contributed by atoms with Gasteiger partial charge in [0.1, 0.15) is 5.82 Å². The summed E-state index contributed by atoms with van der Waals surface area (Å²) < 4.78 is 7.89. The van der Waals surface area contributed by atoms with Crippen LogP contribution in [0.1, 0.15) is 45.9 Å². The molecular weight excluding hydrogens is 226 g/mol. The Labute approximate surface area is 110 Å².